The van der Waals surface area contributed by atoms with Gasteiger partial charge in [0, 0.05) is 5.03 Å². The molecular formula is C11H16Cl2. The minimum Gasteiger partial charge on any atom is -0.0991 e. The van der Waals surface area contributed by atoms with Crippen LogP contribution >= 0.6 is 23.2 Å². The highest BCUT2D eigenvalue weighted by atomic mass is 35.5. The molecule has 0 nitrogen and oxygen atoms in total. The van der Waals surface area contributed by atoms with E-state index in [0.717, 1.165) is 17.0 Å². The third kappa shape index (κ3) is 4.02. The maximum absolute atomic E-state index is 6.09. The van der Waals surface area contributed by atoms with Crippen LogP contribution in [0.25, 0.3) is 0 Å². The lowest BCUT2D eigenvalue weighted by molar-refractivity contribution is 0.683. The van der Waals surface area contributed by atoms with Gasteiger partial charge in [-0.2, -0.15) is 0 Å². The van der Waals surface area contributed by atoms with Gasteiger partial charge in [0.2, 0.25) is 0 Å². The molecular weight excluding hydrogens is 203 g/mol. The normalized spacial score (nSPS) is 16.5. The van der Waals surface area contributed by atoms with Gasteiger partial charge in [-0.3, -0.25) is 0 Å². The quantitative estimate of drug-likeness (QED) is 0.592. The second kappa shape index (κ2) is 6.28. The molecule has 0 N–H and O–H groups in total. The fourth-order valence-corrected chi connectivity index (χ4v) is 1.39. The molecule has 0 aromatic rings. The summed E-state index contributed by atoms with van der Waals surface area (Å²) in [5.74, 6) is 0.322. The van der Waals surface area contributed by atoms with Crippen LogP contribution < -0.4 is 0 Å². The van der Waals surface area contributed by atoms with Crippen LogP contribution in [0.4, 0.5) is 0 Å². The van der Waals surface area contributed by atoms with E-state index in [2.05, 4.69) is 20.4 Å². The molecule has 0 aromatic heterocycles. The van der Waals surface area contributed by atoms with Gasteiger partial charge >= 0.3 is 0 Å². The monoisotopic (exact) mass is 218 g/mol. The first kappa shape index (κ1) is 12.8. The SMILES string of the molecule is C=CC=C(C)C(Cl)=C(Cl)C(C)CC. The Hall–Kier alpha value is -0.200. The second-order valence-corrected chi connectivity index (χ2v) is 3.84. The van der Waals surface area contributed by atoms with Crippen molar-refractivity contribution in [3.05, 3.63) is 34.4 Å². The zero-order valence-corrected chi connectivity index (χ0v) is 9.91. The largest absolute Gasteiger partial charge is 0.0991 e. The van der Waals surface area contributed by atoms with Crippen LogP contribution in [-0.2, 0) is 0 Å². The smallest absolute Gasteiger partial charge is 0.0582 e. The van der Waals surface area contributed by atoms with Crippen LogP contribution in [0.15, 0.2) is 34.4 Å². The summed E-state index contributed by atoms with van der Waals surface area (Å²) in [5, 5.41) is 1.38. The second-order valence-electron chi connectivity index (χ2n) is 3.06. The Balaban J connectivity index is 4.80. The molecule has 0 aromatic carbocycles. The Morgan fingerprint density at radius 1 is 1.46 bits per heavy atom. The highest BCUT2D eigenvalue weighted by Crippen LogP contribution is 2.29. The summed E-state index contributed by atoms with van der Waals surface area (Å²) in [5.41, 5.74) is 0.960. The van der Waals surface area contributed by atoms with E-state index in [-0.39, 0.29) is 0 Å². The van der Waals surface area contributed by atoms with Crippen molar-refractivity contribution >= 4 is 23.2 Å². The minimum absolute atomic E-state index is 0.322. The van der Waals surface area contributed by atoms with Crippen molar-refractivity contribution in [1.82, 2.24) is 0 Å². The molecule has 0 rings (SSSR count). The molecule has 2 heteroatoms. The molecule has 0 aliphatic rings. The summed E-state index contributed by atoms with van der Waals surface area (Å²) in [6.07, 6.45) is 4.56. The van der Waals surface area contributed by atoms with E-state index in [1.165, 1.54) is 0 Å². The van der Waals surface area contributed by atoms with E-state index in [9.17, 15) is 0 Å². The van der Waals surface area contributed by atoms with Gasteiger partial charge in [-0.25, -0.2) is 0 Å². The average molecular weight is 219 g/mol. The Kier molecular flexibility index (Phi) is 6.19. The first-order valence-electron chi connectivity index (χ1n) is 4.39. The van der Waals surface area contributed by atoms with Gasteiger partial charge < -0.3 is 0 Å². The first-order chi connectivity index (χ1) is 6.04. The van der Waals surface area contributed by atoms with Gasteiger partial charge in [-0.1, -0.05) is 55.8 Å². The Morgan fingerprint density at radius 3 is 2.38 bits per heavy atom. The van der Waals surface area contributed by atoms with E-state index in [1.54, 1.807) is 6.08 Å². The molecule has 1 atom stereocenters. The van der Waals surface area contributed by atoms with Crippen LogP contribution in [0, 0.1) is 5.92 Å². The number of hydrogen-bond acceptors (Lipinski definition) is 0. The number of allylic oxidation sites excluding steroid dienone is 5. The fraction of sp³-hybridized carbons (Fsp3) is 0.455. The van der Waals surface area contributed by atoms with E-state index < -0.39 is 0 Å². The van der Waals surface area contributed by atoms with Crippen molar-refractivity contribution in [2.24, 2.45) is 5.92 Å². The molecule has 0 spiro atoms. The lowest BCUT2D eigenvalue weighted by atomic mass is 10.1. The summed E-state index contributed by atoms with van der Waals surface area (Å²) >= 11 is 12.2. The van der Waals surface area contributed by atoms with Crippen molar-refractivity contribution in [2.75, 3.05) is 0 Å². The lowest BCUT2D eigenvalue weighted by Crippen LogP contribution is -1.94. The molecule has 0 fully saturated rings. The Morgan fingerprint density at radius 2 is 2.00 bits per heavy atom. The maximum Gasteiger partial charge on any atom is 0.0582 e. The number of rotatable bonds is 4. The Bertz CT molecular complexity index is 236. The van der Waals surface area contributed by atoms with Crippen LogP contribution in [0.3, 0.4) is 0 Å². The first-order valence-corrected chi connectivity index (χ1v) is 5.15. The summed E-state index contributed by atoms with van der Waals surface area (Å²) in [4.78, 5) is 0. The average Bonchev–Trinajstić information content (AvgIpc) is 2.14. The van der Waals surface area contributed by atoms with Gasteiger partial charge in [-0.05, 0) is 24.8 Å². The molecule has 1 unspecified atom stereocenters. The van der Waals surface area contributed by atoms with Crippen LogP contribution in [0.2, 0.25) is 0 Å². The van der Waals surface area contributed by atoms with Crippen LogP contribution in [0.1, 0.15) is 27.2 Å². The minimum atomic E-state index is 0.322. The third-order valence-electron chi connectivity index (χ3n) is 1.97. The molecule has 13 heavy (non-hydrogen) atoms. The Labute approximate surface area is 90.9 Å². The highest BCUT2D eigenvalue weighted by molar-refractivity contribution is 6.40. The topological polar surface area (TPSA) is 0 Å². The van der Waals surface area contributed by atoms with Gasteiger partial charge in [0.05, 0.1) is 5.03 Å². The van der Waals surface area contributed by atoms with Crippen molar-refractivity contribution < 1.29 is 0 Å². The standard InChI is InChI=1S/C11H16Cl2/c1-5-7-9(4)11(13)10(12)8(3)6-2/h5,7-8H,1,6H2,2-4H3. The maximum atomic E-state index is 6.09. The van der Waals surface area contributed by atoms with Gasteiger partial charge in [0.25, 0.3) is 0 Å². The molecule has 0 heterocycles. The molecule has 74 valence electrons. The predicted octanol–water partition coefficient (Wildman–Crippen LogP) is 4.85. The van der Waals surface area contributed by atoms with E-state index in [4.69, 9.17) is 23.2 Å². The van der Waals surface area contributed by atoms with Crippen LogP contribution in [0.5, 0.6) is 0 Å². The fourth-order valence-electron chi connectivity index (χ4n) is 0.834. The zero-order chi connectivity index (χ0) is 10.4. The van der Waals surface area contributed by atoms with Crippen molar-refractivity contribution in [2.45, 2.75) is 27.2 Å². The summed E-state index contributed by atoms with van der Waals surface area (Å²) in [6, 6.07) is 0. The number of halogens is 2. The molecule has 0 aliphatic carbocycles. The highest BCUT2D eigenvalue weighted by Gasteiger charge is 2.09. The molecule has 0 bridgehead atoms. The molecule has 0 radical (unpaired) electrons. The van der Waals surface area contributed by atoms with Crippen molar-refractivity contribution in [3.8, 4) is 0 Å². The van der Waals surface area contributed by atoms with E-state index in [1.807, 2.05) is 13.0 Å². The number of hydrogen-bond donors (Lipinski definition) is 0. The van der Waals surface area contributed by atoms with E-state index in [0.29, 0.717) is 11.0 Å². The van der Waals surface area contributed by atoms with Crippen molar-refractivity contribution in [1.29, 1.82) is 0 Å². The predicted molar refractivity (Wildman–Crippen MR) is 62.1 cm³/mol. The van der Waals surface area contributed by atoms with Gasteiger partial charge in [0.15, 0.2) is 0 Å². The molecule has 0 amide bonds. The molecule has 0 aliphatic heterocycles. The summed E-state index contributed by atoms with van der Waals surface area (Å²) in [7, 11) is 0. The van der Waals surface area contributed by atoms with Gasteiger partial charge in [-0.15, -0.1) is 0 Å². The van der Waals surface area contributed by atoms with Crippen LogP contribution in [-0.4, -0.2) is 0 Å². The van der Waals surface area contributed by atoms with Crippen molar-refractivity contribution in [3.63, 3.8) is 0 Å². The molecule has 0 saturated carbocycles. The zero-order valence-electron chi connectivity index (χ0n) is 8.40. The van der Waals surface area contributed by atoms with Gasteiger partial charge in [0.1, 0.15) is 0 Å². The lowest BCUT2D eigenvalue weighted by Gasteiger charge is -2.09. The summed E-state index contributed by atoms with van der Waals surface area (Å²) in [6.45, 7) is 9.68. The summed E-state index contributed by atoms with van der Waals surface area (Å²) < 4.78 is 0. The third-order valence-corrected chi connectivity index (χ3v) is 3.13. The molecule has 0 saturated heterocycles. The van der Waals surface area contributed by atoms with E-state index >= 15 is 0 Å².